The van der Waals surface area contributed by atoms with E-state index in [-0.39, 0.29) is 10.9 Å². The first-order valence-corrected chi connectivity index (χ1v) is 7.80. The zero-order chi connectivity index (χ0) is 13.3. The molecule has 0 saturated heterocycles. The minimum atomic E-state index is -3.42. The van der Waals surface area contributed by atoms with Gasteiger partial charge in [0, 0.05) is 11.7 Å². The van der Waals surface area contributed by atoms with E-state index in [2.05, 4.69) is 11.6 Å². The summed E-state index contributed by atoms with van der Waals surface area (Å²) in [6.45, 7) is 3.96. The maximum absolute atomic E-state index is 12.2. The summed E-state index contributed by atoms with van der Waals surface area (Å²) in [6.07, 6.45) is 3.14. The Hall–Kier alpha value is -1.07. The molecule has 3 N–H and O–H groups in total. The summed E-state index contributed by atoms with van der Waals surface area (Å²) >= 11 is 0. The third-order valence-electron chi connectivity index (χ3n) is 3.27. The van der Waals surface area contributed by atoms with Crippen molar-refractivity contribution in [2.75, 3.05) is 5.73 Å². The average molecular weight is 268 g/mol. The Kier molecular flexibility index (Phi) is 3.64. The van der Waals surface area contributed by atoms with Gasteiger partial charge < -0.3 is 5.73 Å². The lowest BCUT2D eigenvalue weighted by Gasteiger charge is -2.08. The molecule has 1 aliphatic carbocycles. The summed E-state index contributed by atoms with van der Waals surface area (Å²) in [5, 5.41) is 0. The first kappa shape index (κ1) is 13.4. The van der Waals surface area contributed by atoms with Gasteiger partial charge in [-0.1, -0.05) is 13.3 Å². The molecule has 0 radical (unpaired) electrons. The molecule has 0 amide bonds. The van der Waals surface area contributed by atoms with Crippen molar-refractivity contribution in [2.24, 2.45) is 5.92 Å². The third-order valence-corrected chi connectivity index (χ3v) is 4.74. The van der Waals surface area contributed by atoms with Gasteiger partial charge in [-0.15, -0.1) is 0 Å². The van der Waals surface area contributed by atoms with Crippen LogP contribution in [0.5, 0.6) is 0 Å². The number of aryl methyl sites for hydroxylation is 1. The van der Waals surface area contributed by atoms with Gasteiger partial charge in [0.25, 0.3) is 0 Å². The Labute approximate surface area is 109 Å². The maximum Gasteiger partial charge on any atom is 0.240 e. The van der Waals surface area contributed by atoms with E-state index in [9.17, 15) is 8.42 Å². The molecule has 0 bridgehead atoms. The van der Waals surface area contributed by atoms with Gasteiger partial charge >= 0.3 is 0 Å². The molecule has 0 aromatic heterocycles. The standard InChI is InChI=1S/C13H20N2O2S/c1-3-4-10-7-13(10)15-18(16,17)12-6-9(2)5-11(14)8-12/h5-6,8,10,13,15H,3-4,7,14H2,1-2H3. The lowest BCUT2D eigenvalue weighted by atomic mass is 10.2. The second kappa shape index (κ2) is 4.90. The SMILES string of the molecule is CCCC1CC1NS(=O)(=O)c1cc(C)cc(N)c1. The largest absolute Gasteiger partial charge is 0.399 e. The van der Waals surface area contributed by atoms with Gasteiger partial charge in [-0.05, 0) is 49.4 Å². The summed E-state index contributed by atoms with van der Waals surface area (Å²) in [5.74, 6) is 0.506. The topological polar surface area (TPSA) is 72.2 Å². The molecule has 2 rings (SSSR count). The van der Waals surface area contributed by atoms with Gasteiger partial charge in [0.15, 0.2) is 0 Å². The van der Waals surface area contributed by atoms with E-state index < -0.39 is 10.0 Å². The fraction of sp³-hybridized carbons (Fsp3) is 0.538. The molecule has 0 spiro atoms. The van der Waals surface area contributed by atoms with Crippen LogP contribution in [0.1, 0.15) is 31.7 Å². The number of rotatable bonds is 5. The van der Waals surface area contributed by atoms with Crippen LogP contribution < -0.4 is 10.5 Å². The molecule has 2 atom stereocenters. The number of nitrogens with one attached hydrogen (secondary N) is 1. The molecule has 0 aliphatic heterocycles. The lowest BCUT2D eigenvalue weighted by Crippen LogP contribution is -2.27. The first-order valence-electron chi connectivity index (χ1n) is 6.32. The Morgan fingerprint density at radius 2 is 2.11 bits per heavy atom. The van der Waals surface area contributed by atoms with Crippen LogP contribution in [0.2, 0.25) is 0 Å². The molecule has 2 unspecified atom stereocenters. The van der Waals surface area contributed by atoms with Gasteiger partial charge in [-0.3, -0.25) is 0 Å². The van der Waals surface area contributed by atoms with Crippen LogP contribution in [0.25, 0.3) is 0 Å². The molecule has 4 nitrogen and oxygen atoms in total. The fourth-order valence-corrected chi connectivity index (χ4v) is 3.74. The number of anilines is 1. The molecule has 5 heteroatoms. The Balaban J connectivity index is 2.12. The van der Waals surface area contributed by atoms with Crippen molar-refractivity contribution in [3.8, 4) is 0 Å². The van der Waals surface area contributed by atoms with Crippen molar-refractivity contribution in [1.29, 1.82) is 0 Å². The van der Waals surface area contributed by atoms with E-state index in [1.54, 1.807) is 12.1 Å². The monoisotopic (exact) mass is 268 g/mol. The van der Waals surface area contributed by atoms with Crippen molar-refractivity contribution in [3.63, 3.8) is 0 Å². The second-order valence-electron chi connectivity index (χ2n) is 5.09. The second-order valence-corrected chi connectivity index (χ2v) is 6.81. The molecule has 18 heavy (non-hydrogen) atoms. The van der Waals surface area contributed by atoms with Crippen molar-refractivity contribution in [2.45, 2.75) is 44.0 Å². The molecular weight excluding hydrogens is 248 g/mol. The first-order chi connectivity index (χ1) is 8.42. The van der Waals surface area contributed by atoms with Gasteiger partial charge in [-0.25, -0.2) is 13.1 Å². The Morgan fingerprint density at radius 1 is 1.39 bits per heavy atom. The Morgan fingerprint density at radius 3 is 2.72 bits per heavy atom. The quantitative estimate of drug-likeness (QED) is 0.803. The molecule has 0 heterocycles. The van der Waals surface area contributed by atoms with Gasteiger partial charge in [0.2, 0.25) is 10.0 Å². The molecule has 1 fully saturated rings. The molecular formula is C13H20N2O2S. The number of benzene rings is 1. The van der Waals surface area contributed by atoms with Crippen molar-refractivity contribution in [3.05, 3.63) is 23.8 Å². The summed E-state index contributed by atoms with van der Waals surface area (Å²) in [7, 11) is -3.42. The highest BCUT2D eigenvalue weighted by molar-refractivity contribution is 7.89. The molecule has 1 aromatic carbocycles. The minimum absolute atomic E-state index is 0.108. The number of nitrogen functional groups attached to an aromatic ring is 1. The van der Waals surface area contributed by atoms with Crippen LogP contribution in [-0.2, 0) is 10.0 Å². The van der Waals surface area contributed by atoms with Gasteiger partial charge in [0.1, 0.15) is 0 Å². The van der Waals surface area contributed by atoms with Crippen LogP contribution in [0.3, 0.4) is 0 Å². The molecule has 1 aromatic rings. The summed E-state index contributed by atoms with van der Waals surface area (Å²) in [5.41, 5.74) is 7.03. The zero-order valence-corrected chi connectivity index (χ0v) is 11.6. The Bertz CT molecular complexity index is 520. The van der Waals surface area contributed by atoms with Crippen LogP contribution in [0.15, 0.2) is 23.1 Å². The molecule has 100 valence electrons. The van der Waals surface area contributed by atoms with E-state index in [1.165, 1.54) is 6.07 Å². The average Bonchev–Trinajstić information content (AvgIpc) is 2.94. The van der Waals surface area contributed by atoms with E-state index >= 15 is 0 Å². The fourth-order valence-electron chi connectivity index (χ4n) is 2.28. The summed E-state index contributed by atoms with van der Waals surface area (Å²) < 4.78 is 27.1. The van der Waals surface area contributed by atoms with E-state index in [1.807, 2.05) is 6.92 Å². The number of sulfonamides is 1. The van der Waals surface area contributed by atoms with Crippen molar-refractivity contribution < 1.29 is 8.42 Å². The number of hydrogen-bond acceptors (Lipinski definition) is 3. The molecule has 1 saturated carbocycles. The maximum atomic E-state index is 12.2. The number of nitrogens with two attached hydrogens (primary N) is 1. The highest BCUT2D eigenvalue weighted by Crippen LogP contribution is 2.35. The van der Waals surface area contributed by atoms with Gasteiger partial charge in [0.05, 0.1) is 4.90 Å². The summed E-state index contributed by atoms with van der Waals surface area (Å²) in [4.78, 5) is 0.266. The highest BCUT2D eigenvalue weighted by atomic mass is 32.2. The normalized spacial score (nSPS) is 23.0. The lowest BCUT2D eigenvalue weighted by molar-refractivity contribution is 0.573. The van der Waals surface area contributed by atoms with Crippen LogP contribution in [0, 0.1) is 12.8 Å². The predicted molar refractivity (Wildman–Crippen MR) is 72.7 cm³/mol. The molecule has 1 aliphatic rings. The van der Waals surface area contributed by atoms with Crippen LogP contribution >= 0.6 is 0 Å². The highest BCUT2D eigenvalue weighted by Gasteiger charge is 2.39. The van der Waals surface area contributed by atoms with Crippen LogP contribution in [0.4, 0.5) is 5.69 Å². The number of hydrogen-bond donors (Lipinski definition) is 2. The van der Waals surface area contributed by atoms with Crippen molar-refractivity contribution in [1.82, 2.24) is 4.72 Å². The zero-order valence-electron chi connectivity index (χ0n) is 10.8. The van der Waals surface area contributed by atoms with Gasteiger partial charge in [-0.2, -0.15) is 0 Å². The van der Waals surface area contributed by atoms with E-state index in [0.717, 1.165) is 24.8 Å². The smallest absolute Gasteiger partial charge is 0.240 e. The van der Waals surface area contributed by atoms with E-state index in [4.69, 9.17) is 5.73 Å². The van der Waals surface area contributed by atoms with Crippen LogP contribution in [-0.4, -0.2) is 14.5 Å². The summed E-state index contributed by atoms with van der Waals surface area (Å²) in [6, 6.07) is 5.02. The third kappa shape index (κ3) is 3.03. The predicted octanol–water partition coefficient (Wildman–Crippen LogP) is 2.04. The van der Waals surface area contributed by atoms with E-state index in [0.29, 0.717) is 11.6 Å². The van der Waals surface area contributed by atoms with Crippen molar-refractivity contribution >= 4 is 15.7 Å². The minimum Gasteiger partial charge on any atom is -0.399 e.